The van der Waals surface area contributed by atoms with Crippen molar-refractivity contribution >= 4 is 11.0 Å². The predicted octanol–water partition coefficient (Wildman–Crippen LogP) is 3.95. The summed E-state index contributed by atoms with van der Waals surface area (Å²) in [5.41, 5.74) is 5.64. The Morgan fingerprint density at radius 3 is 2.63 bits per heavy atom. The SMILES string of the molecule is CNCCN1CCC(c2cc(C)c3nc(-c4cc(OC)ccc4OC)[nH]c3c2)CC1. The van der Waals surface area contributed by atoms with Gasteiger partial charge in [-0.1, -0.05) is 6.07 Å². The maximum absolute atomic E-state index is 5.56. The van der Waals surface area contributed by atoms with E-state index in [0.29, 0.717) is 5.92 Å². The summed E-state index contributed by atoms with van der Waals surface area (Å²) in [6, 6.07) is 10.4. The number of hydrogen-bond donors (Lipinski definition) is 2. The molecule has 1 saturated heterocycles. The number of methoxy groups -OCH3 is 2. The molecule has 0 atom stereocenters. The highest BCUT2D eigenvalue weighted by atomic mass is 16.5. The van der Waals surface area contributed by atoms with Gasteiger partial charge in [-0.05, 0) is 81.2 Å². The standard InChI is InChI=1S/C24H32N4O2/c1-16-13-18(17-7-10-28(11-8-17)12-9-25-2)14-21-23(16)27-24(26-21)20-15-19(29-3)5-6-22(20)30-4/h5-6,13-15,17,25H,7-12H2,1-4H3,(H,26,27). The predicted molar refractivity (Wildman–Crippen MR) is 122 cm³/mol. The molecule has 0 bridgehead atoms. The van der Waals surface area contributed by atoms with E-state index < -0.39 is 0 Å². The summed E-state index contributed by atoms with van der Waals surface area (Å²) in [6.07, 6.45) is 2.42. The van der Waals surface area contributed by atoms with Gasteiger partial charge in [-0.3, -0.25) is 0 Å². The highest BCUT2D eigenvalue weighted by Crippen LogP contribution is 2.35. The molecule has 0 spiro atoms. The van der Waals surface area contributed by atoms with Crippen LogP contribution in [0.5, 0.6) is 11.5 Å². The zero-order chi connectivity index (χ0) is 21.1. The average Bonchev–Trinajstić information content (AvgIpc) is 3.22. The third-order valence-electron chi connectivity index (χ3n) is 6.20. The summed E-state index contributed by atoms with van der Waals surface area (Å²) in [4.78, 5) is 11.0. The van der Waals surface area contributed by atoms with E-state index in [-0.39, 0.29) is 0 Å². The number of aromatic amines is 1. The molecular weight excluding hydrogens is 376 g/mol. The first-order chi connectivity index (χ1) is 14.6. The number of imidazole rings is 1. The fourth-order valence-electron chi connectivity index (χ4n) is 4.44. The molecule has 1 aromatic heterocycles. The zero-order valence-electron chi connectivity index (χ0n) is 18.4. The maximum Gasteiger partial charge on any atom is 0.142 e. The lowest BCUT2D eigenvalue weighted by Gasteiger charge is -2.32. The van der Waals surface area contributed by atoms with Crippen LogP contribution in [0.3, 0.4) is 0 Å². The highest BCUT2D eigenvalue weighted by Gasteiger charge is 2.22. The summed E-state index contributed by atoms with van der Waals surface area (Å²) in [5, 5.41) is 3.25. The Bertz CT molecular complexity index is 1010. The van der Waals surface area contributed by atoms with Crippen LogP contribution in [-0.4, -0.2) is 62.3 Å². The molecule has 6 heteroatoms. The van der Waals surface area contributed by atoms with Crippen molar-refractivity contribution in [1.29, 1.82) is 0 Å². The van der Waals surface area contributed by atoms with Crippen molar-refractivity contribution in [3.05, 3.63) is 41.5 Å². The Morgan fingerprint density at radius 2 is 1.93 bits per heavy atom. The number of likely N-dealkylation sites (N-methyl/N-ethyl adjacent to an activating group) is 1. The second-order valence-corrected chi connectivity index (χ2v) is 8.11. The number of aryl methyl sites for hydroxylation is 1. The molecule has 4 rings (SSSR count). The van der Waals surface area contributed by atoms with Crippen molar-refractivity contribution in [2.45, 2.75) is 25.7 Å². The van der Waals surface area contributed by atoms with Crippen molar-refractivity contribution in [3.63, 3.8) is 0 Å². The number of nitrogens with zero attached hydrogens (tertiary/aromatic N) is 2. The van der Waals surface area contributed by atoms with Gasteiger partial charge in [-0.15, -0.1) is 0 Å². The molecule has 0 aliphatic carbocycles. The second kappa shape index (κ2) is 9.06. The fourth-order valence-corrected chi connectivity index (χ4v) is 4.44. The van der Waals surface area contributed by atoms with Crippen LogP contribution in [-0.2, 0) is 0 Å². The number of benzene rings is 2. The van der Waals surface area contributed by atoms with Crippen LogP contribution in [0.15, 0.2) is 30.3 Å². The first-order valence-electron chi connectivity index (χ1n) is 10.7. The monoisotopic (exact) mass is 408 g/mol. The van der Waals surface area contributed by atoms with E-state index in [4.69, 9.17) is 14.5 Å². The van der Waals surface area contributed by atoms with Gasteiger partial charge in [-0.2, -0.15) is 0 Å². The van der Waals surface area contributed by atoms with Gasteiger partial charge in [0, 0.05) is 13.1 Å². The third kappa shape index (κ3) is 4.16. The number of piperidine rings is 1. The lowest BCUT2D eigenvalue weighted by atomic mass is 9.88. The number of aromatic nitrogens is 2. The average molecular weight is 409 g/mol. The quantitative estimate of drug-likeness (QED) is 0.620. The highest BCUT2D eigenvalue weighted by molar-refractivity contribution is 5.84. The minimum atomic E-state index is 0.608. The molecule has 1 fully saturated rings. The van der Waals surface area contributed by atoms with Crippen molar-refractivity contribution in [3.8, 4) is 22.9 Å². The molecule has 3 aromatic rings. The van der Waals surface area contributed by atoms with Gasteiger partial charge >= 0.3 is 0 Å². The summed E-state index contributed by atoms with van der Waals surface area (Å²) >= 11 is 0. The molecule has 0 radical (unpaired) electrons. The van der Waals surface area contributed by atoms with Gasteiger partial charge in [0.1, 0.15) is 17.3 Å². The van der Waals surface area contributed by atoms with Crippen LogP contribution in [0.2, 0.25) is 0 Å². The fraction of sp³-hybridized carbons (Fsp3) is 0.458. The van der Waals surface area contributed by atoms with E-state index in [1.807, 2.05) is 25.2 Å². The van der Waals surface area contributed by atoms with Crippen molar-refractivity contribution in [2.24, 2.45) is 0 Å². The molecule has 30 heavy (non-hydrogen) atoms. The van der Waals surface area contributed by atoms with Crippen LogP contribution >= 0.6 is 0 Å². The summed E-state index contributed by atoms with van der Waals surface area (Å²) in [5.74, 6) is 2.98. The first kappa shape index (κ1) is 20.7. The van der Waals surface area contributed by atoms with Crippen LogP contribution in [0.25, 0.3) is 22.4 Å². The molecule has 6 nitrogen and oxygen atoms in total. The largest absolute Gasteiger partial charge is 0.497 e. The van der Waals surface area contributed by atoms with Gasteiger partial charge in [0.25, 0.3) is 0 Å². The Hall–Kier alpha value is -2.57. The molecule has 0 unspecified atom stereocenters. The second-order valence-electron chi connectivity index (χ2n) is 8.11. The Labute approximate surface area is 178 Å². The number of likely N-dealkylation sites (tertiary alicyclic amines) is 1. The Kier molecular flexibility index (Phi) is 6.25. The van der Waals surface area contributed by atoms with Gasteiger partial charge in [0.2, 0.25) is 0 Å². The molecule has 160 valence electrons. The topological polar surface area (TPSA) is 62.4 Å². The molecule has 1 aliphatic heterocycles. The lowest BCUT2D eigenvalue weighted by molar-refractivity contribution is 0.214. The van der Waals surface area contributed by atoms with Crippen LogP contribution in [0, 0.1) is 6.92 Å². The summed E-state index contributed by atoms with van der Waals surface area (Å²) in [6.45, 7) is 6.67. The van der Waals surface area contributed by atoms with E-state index in [9.17, 15) is 0 Å². The normalized spacial score (nSPS) is 15.6. The number of H-pyrrole nitrogens is 1. The van der Waals surface area contributed by atoms with E-state index in [1.165, 1.54) is 37.1 Å². The third-order valence-corrected chi connectivity index (χ3v) is 6.20. The maximum atomic E-state index is 5.56. The first-order valence-corrected chi connectivity index (χ1v) is 10.7. The molecule has 2 N–H and O–H groups in total. The van der Waals surface area contributed by atoms with Crippen molar-refractivity contribution in [2.75, 3.05) is 47.4 Å². The summed E-state index contributed by atoms with van der Waals surface area (Å²) in [7, 11) is 5.37. The van der Waals surface area contributed by atoms with E-state index in [1.54, 1.807) is 14.2 Å². The number of nitrogens with one attached hydrogen (secondary N) is 2. The Morgan fingerprint density at radius 1 is 1.13 bits per heavy atom. The molecule has 0 amide bonds. The molecular formula is C24H32N4O2. The number of ether oxygens (including phenoxy) is 2. The molecule has 2 heterocycles. The van der Waals surface area contributed by atoms with Crippen LogP contribution < -0.4 is 14.8 Å². The lowest BCUT2D eigenvalue weighted by Crippen LogP contribution is -2.37. The number of rotatable bonds is 7. The molecule has 0 saturated carbocycles. The van der Waals surface area contributed by atoms with E-state index in [2.05, 4.69) is 34.3 Å². The van der Waals surface area contributed by atoms with E-state index in [0.717, 1.165) is 47.0 Å². The van der Waals surface area contributed by atoms with Gasteiger partial charge < -0.3 is 24.7 Å². The number of hydrogen-bond acceptors (Lipinski definition) is 5. The Balaban J connectivity index is 1.62. The van der Waals surface area contributed by atoms with Crippen molar-refractivity contribution in [1.82, 2.24) is 20.2 Å². The van der Waals surface area contributed by atoms with E-state index >= 15 is 0 Å². The van der Waals surface area contributed by atoms with Gasteiger partial charge in [-0.25, -0.2) is 4.98 Å². The summed E-state index contributed by atoms with van der Waals surface area (Å²) < 4.78 is 11.0. The molecule has 2 aromatic carbocycles. The van der Waals surface area contributed by atoms with Crippen LogP contribution in [0.4, 0.5) is 0 Å². The van der Waals surface area contributed by atoms with Gasteiger partial charge in [0.15, 0.2) is 0 Å². The van der Waals surface area contributed by atoms with Crippen molar-refractivity contribution < 1.29 is 9.47 Å². The van der Waals surface area contributed by atoms with Crippen LogP contribution in [0.1, 0.15) is 29.9 Å². The number of fused-ring (bicyclic) bond motifs is 1. The minimum Gasteiger partial charge on any atom is -0.497 e. The zero-order valence-corrected chi connectivity index (χ0v) is 18.4. The molecule has 1 aliphatic rings. The van der Waals surface area contributed by atoms with Gasteiger partial charge in [0.05, 0.1) is 30.8 Å². The minimum absolute atomic E-state index is 0.608. The smallest absolute Gasteiger partial charge is 0.142 e.